The number of aryl methyl sites for hydroxylation is 2. The van der Waals surface area contributed by atoms with Crippen LogP contribution in [0.1, 0.15) is 21.5 Å². The summed E-state index contributed by atoms with van der Waals surface area (Å²) in [6.07, 6.45) is 0. The molecule has 2 aromatic rings. The van der Waals surface area contributed by atoms with Crippen molar-refractivity contribution in [2.75, 3.05) is 11.9 Å². The number of hydrogen-bond acceptors (Lipinski definition) is 2. The van der Waals surface area contributed by atoms with E-state index in [1.165, 1.54) is 12.1 Å². The normalized spacial score (nSPS) is 10.3. The summed E-state index contributed by atoms with van der Waals surface area (Å²) < 4.78 is 13.6. The molecule has 23 heavy (non-hydrogen) atoms. The van der Waals surface area contributed by atoms with Gasteiger partial charge in [-0.3, -0.25) is 9.59 Å². The highest BCUT2D eigenvalue weighted by atomic mass is 35.5. The number of amides is 2. The van der Waals surface area contributed by atoms with E-state index in [1.807, 2.05) is 26.0 Å². The van der Waals surface area contributed by atoms with Crippen molar-refractivity contribution in [3.05, 3.63) is 63.9 Å². The van der Waals surface area contributed by atoms with Crippen molar-refractivity contribution in [3.8, 4) is 0 Å². The lowest BCUT2D eigenvalue weighted by molar-refractivity contribution is -0.115. The van der Waals surface area contributed by atoms with Gasteiger partial charge in [0, 0.05) is 5.69 Å². The molecular weight excluding hydrogens is 319 g/mol. The second-order valence-electron chi connectivity index (χ2n) is 5.13. The van der Waals surface area contributed by atoms with Crippen molar-refractivity contribution >= 4 is 29.1 Å². The Morgan fingerprint density at radius 3 is 2.52 bits per heavy atom. The van der Waals surface area contributed by atoms with E-state index in [2.05, 4.69) is 10.6 Å². The molecule has 2 aromatic carbocycles. The van der Waals surface area contributed by atoms with Crippen LogP contribution in [-0.2, 0) is 4.79 Å². The fourth-order valence-electron chi connectivity index (χ4n) is 1.99. The molecule has 6 heteroatoms. The smallest absolute Gasteiger partial charge is 0.256 e. The fraction of sp³-hybridized carbons (Fsp3) is 0.176. The maximum Gasteiger partial charge on any atom is 0.256 e. The molecule has 0 radical (unpaired) electrons. The number of hydrogen-bond donors (Lipinski definition) is 2. The van der Waals surface area contributed by atoms with Crippen LogP contribution >= 0.6 is 11.6 Å². The van der Waals surface area contributed by atoms with Crippen LogP contribution in [0.25, 0.3) is 0 Å². The Balaban J connectivity index is 1.96. The summed E-state index contributed by atoms with van der Waals surface area (Å²) in [4.78, 5) is 23.8. The highest BCUT2D eigenvalue weighted by molar-refractivity contribution is 6.33. The molecule has 0 spiro atoms. The van der Waals surface area contributed by atoms with Crippen LogP contribution in [-0.4, -0.2) is 18.4 Å². The Kier molecular flexibility index (Phi) is 5.34. The van der Waals surface area contributed by atoms with E-state index < -0.39 is 17.6 Å². The lowest BCUT2D eigenvalue weighted by Crippen LogP contribution is -2.33. The largest absolute Gasteiger partial charge is 0.343 e. The van der Waals surface area contributed by atoms with Crippen molar-refractivity contribution < 1.29 is 14.0 Å². The molecule has 0 aliphatic carbocycles. The minimum atomic E-state index is -0.733. The van der Waals surface area contributed by atoms with Crippen LogP contribution in [0.15, 0.2) is 36.4 Å². The zero-order valence-electron chi connectivity index (χ0n) is 12.7. The Labute approximate surface area is 138 Å². The standard InChI is InChI=1S/C17H16ClFN2O2/c1-10-6-7-12(8-11(10)2)21-15(22)9-20-17(23)16-13(18)4-3-5-14(16)19/h3-8H,9H2,1-2H3,(H,20,23)(H,21,22). The third-order valence-corrected chi connectivity index (χ3v) is 3.70. The van der Waals surface area contributed by atoms with Gasteiger partial charge in [-0.1, -0.05) is 23.7 Å². The molecule has 0 aromatic heterocycles. The molecule has 0 bridgehead atoms. The highest BCUT2D eigenvalue weighted by Crippen LogP contribution is 2.18. The van der Waals surface area contributed by atoms with Gasteiger partial charge in [0.2, 0.25) is 5.91 Å². The number of anilines is 1. The van der Waals surface area contributed by atoms with Crippen LogP contribution in [0.2, 0.25) is 5.02 Å². The summed E-state index contributed by atoms with van der Waals surface area (Å²) >= 11 is 5.80. The Morgan fingerprint density at radius 2 is 1.87 bits per heavy atom. The highest BCUT2D eigenvalue weighted by Gasteiger charge is 2.16. The molecule has 120 valence electrons. The van der Waals surface area contributed by atoms with Crippen LogP contribution in [0, 0.1) is 19.7 Å². The first-order valence-corrected chi connectivity index (χ1v) is 7.35. The third-order valence-electron chi connectivity index (χ3n) is 3.39. The van der Waals surface area contributed by atoms with Crippen molar-refractivity contribution in [2.45, 2.75) is 13.8 Å². The van der Waals surface area contributed by atoms with Gasteiger partial charge in [-0.2, -0.15) is 0 Å². The molecule has 2 N–H and O–H groups in total. The summed E-state index contributed by atoms with van der Waals surface area (Å²) in [6.45, 7) is 3.63. The van der Waals surface area contributed by atoms with Gasteiger partial charge in [0.25, 0.3) is 5.91 Å². The second kappa shape index (κ2) is 7.24. The van der Waals surface area contributed by atoms with Crippen molar-refractivity contribution in [1.29, 1.82) is 0 Å². The van der Waals surface area contributed by atoms with Crippen LogP contribution in [0.4, 0.5) is 10.1 Å². The van der Waals surface area contributed by atoms with E-state index in [0.29, 0.717) is 5.69 Å². The molecule has 0 unspecified atom stereocenters. The number of nitrogens with one attached hydrogen (secondary N) is 2. The Morgan fingerprint density at radius 1 is 1.13 bits per heavy atom. The van der Waals surface area contributed by atoms with E-state index in [-0.39, 0.29) is 17.1 Å². The first-order chi connectivity index (χ1) is 10.9. The number of carbonyl (C=O) groups excluding carboxylic acids is 2. The summed E-state index contributed by atoms with van der Waals surface area (Å²) in [5, 5.41) is 5.01. The molecule has 0 atom stereocenters. The van der Waals surface area contributed by atoms with E-state index in [4.69, 9.17) is 11.6 Å². The Hall–Kier alpha value is -2.40. The van der Waals surface area contributed by atoms with Gasteiger partial charge in [0.05, 0.1) is 17.1 Å². The summed E-state index contributed by atoms with van der Waals surface area (Å²) in [5.74, 6) is -1.87. The van der Waals surface area contributed by atoms with Gasteiger partial charge in [-0.15, -0.1) is 0 Å². The predicted molar refractivity (Wildman–Crippen MR) is 88.3 cm³/mol. The summed E-state index contributed by atoms with van der Waals surface area (Å²) in [7, 11) is 0. The first kappa shape index (κ1) is 17.0. The van der Waals surface area contributed by atoms with Crippen molar-refractivity contribution in [3.63, 3.8) is 0 Å². The summed E-state index contributed by atoms with van der Waals surface area (Å²) in [6, 6.07) is 9.45. The van der Waals surface area contributed by atoms with Gasteiger partial charge < -0.3 is 10.6 Å². The maximum atomic E-state index is 13.6. The molecule has 0 saturated heterocycles. The van der Waals surface area contributed by atoms with Gasteiger partial charge in [0.1, 0.15) is 5.82 Å². The van der Waals surface area contributed by atoms with Crippen LogP contribution in [0.3, 0.4) is 0 Å². The maximum absolute atomic E-state index is 13.6. The van der Waals surface area contributed by atoms with E-state index in [1.54, 1.807) is 6.07 Å². The lowest BCUT2D eigenvalue weighted by Gasteiger charge is -2.09. The molecule has 0 fully saturated rings. The van der Waals surface area contributed by atoms with Crippen molar-refractivity contribution in [1.82, 2.24) is 5.32 Å². The van der Waals surface area contributed by atoms with Crippen LogP contribution < -0.4 is 10.6 Å². The van der Waals surface area contributed by atoms with Gasteiger partial charge in [-0.05, 0) is 49.2 Å². The molecule has 0 heterocycles. The number of carbonyl (C=O) groups is 2. The van der Waals surface area contributed by atoms with Gasteiger partial charge in [0.15, 0.2) is 0 Å². The molecule has 2 rings (SSSR count). The van der Waals surface area contributed by atoms with Crippen LogP contribution in [0.5, 0.6) is 0 Å². The molecule has 4 nitrogen and oxygen atoms in total. The minimum Gasteiger partial charge on any atom is -0.343 e. The monoisotopic (exact) mass is 334 g/mol. The number of benzene rings is 2. The Bertz CT molecular complexity index is 742. The molecule has 2 amide bonds. The molecule has 0 saturated carbocycles. The van der Waals surface area contributed by atoms with E-state index >= 15 is 0 Å². The van der Waals surface area contributed by atoms with E-state index in [0.717, 1.165) is 17.2 Å². The molecular formula is C17H16ClFN2O2. The zero-order chi connectivity index (χ0) is 17.0. The SMILES string of the molecule is Cc1ccc(NC(=O)CNC(=O)c2c(F)cccc2Cl)cc1C. The second-order valence-corrected chi connectivity index (χ2v) is 5.53. The average molecular weight is 335 g/mol. The molecule has 0 aliphatic rings. The van der Waals surface area contributed by atoms with Gasteiger partial charge in [-0.25, -0.2) is 4.39 Å². The fourth-order valence-corrected chi connectivity index (χ4v) is 2.24. The molecule has 0 aliphatic heterocycles. The topological polar surface area (TPSA) is 58.2 Å². The van der Waals surface area contributed by atoms with Crippen molar-refractivity contribution in [2.24, 2.45) is 0 Å². The lowest BCUT2D eigenvalue weighted by atomic mass is 10.1. The summed E-state index contributed by atoms with van der Waals surface area (Å²) in [5.41, 5.74) is 2.53. The average Bonchev–Trinajstić information content (AvgIpc) is 2.49. The zero-order valence-corrected chi connectivity index (χ0v) is 13.5. The first-order valence-electron chi connectivity index (χ1n) is 6.98. The number of halogens is 2. The quantitative estimate of drug-likeness (QED) is 0.899. The minimum absolute atomic E-state index is 0.00272. The third kappa shape index (κ3) is 4.29. The van der Waals surface area contributed by atoms with E-state index in [9.17, 15) is 14.0 Å². The predicted octanol–water partition coefficient (Wildman–Crippen LogP) is 3.46. The van der Waals surface area contributed by atoms with Gasteiger partial charge >= 0.3 is 0 Å². The number of rotatable bonds is 4.